The molecule has 0 spiro atoms. The van der Waals surface area contributed by atoms with Gasteiger partial charge in [-0.2, -0.15) is 10.2 Å². The van der Waals surface area contributed by atoms with Crippen molar-refractivity contribution in [2.24, 2.45) is 5.10 Å². The highest BCUT2D eigenvalue weighted by molar-refractivity contribution is 5.83. The Bertz CT molecular complexity index is 941. The molecule has 2 N–H and O–H groups in total. The topological polar surface area (TPSA) is 101 Å². The first-order valence-corrected chi connectivity index (χ1v) is 7.40. The fraction of sp³-hybridized carbons (Fsp3) is 0.188. The molecule has 0 fully saturated rings. The van der Waals surface area contributed by atoms with Crippen LogP contribution in [0.1, 0.15) is 22.6 Å². The van der Waals surface area contributed by atoms with E-state index >= 15 is 0 Å². The smallest absolute Gasteiger partial charge is 0.274 e. The minimum Gasteiger partial charge on any atom is -0.288 e. The van der Waals surface area contributed by atoms with Crippen LogP contribution in [0, 0.1) is 20.8 Å². The van der Waals surface area contributed by atoms with Gasteiger partial charge in [-0.15, -0.1) is 10.2 Å². The lowest BCUT2D eigenvalue weighted by molar-refractivity contribution is 0.833. The number of anilines is 1. The lowest BCUT2D eigenvalue weighted by Crippen LogP contribution is -2.15. The first-order chi connectivity index (χ1) is 11.6. The van der Waals surface area contributed by atoms with Crippen LogP contribution in [0.25, 0.3) is 5.69 Å². The van der Waals surface area contributed by atoms with Gasteiger partial charge in [-0.05, 0) is 32.9 Å². The summed E-state index contributed by atoms with van der Waals surface area (Å²) in [5.74, 6) is 0.188. The molecular formula is C16H17N7O. The van der Waals surface area contributed by atoms with Crippen LogP contribution < -0.4 is 11.0 Å². The monoisotopic (exact) mass is 323 g/mol. The van der Waals surface area contributed by atoms with Crippen molar-refractivity contribution in [1.29, 1.82) is 0 Å². The minimum absolute atomic E-state index is 0.188. The second-order valence-electron chi connectivity index (χ2n) is 5.29. The number of hydrogen-bond donors (Lipinski definition) is 2. The van der Waals surface area contributed by atoms with E-state index in [9.17, 15) is 4.79 Å². The van der Waals surface area contributed by atoms with Crippen LogP contribution in [0.4, 0.5) is 5.95 Å². The molecule has 24 heavy (non-hydrogen) atoms. The summed E-state index contributed by atoms with van der Waals surface area (Å²) in [6, 6.07) is 9.88. The maximum atomic E-state index is 11.5. The number of aromatic amines is 1. The third kappa shape index (κ3) is 3.07. The minimum atomic E-state index is -0.299. The van der Waals surface area contributed by atoms with Crippen LogP contribution in [-0.2, 0) is 0 Å². The van der Waals surface area contributed by atoms with Crippen molar-refractivity contribution in [1.82, 2.24) is 25.0 Å². The number of H-pyrrole nitrogens is 1. The van der Waals surface area contributed by atoms with Gasteiger partial charge in [0.25, 0.3) is 5.56 Å². The summed E-state index contributed by atoms with van der Waals surface area (Å²) in [5.41, 5.74) is 6.37. The van der Waals surface area contributed by atoms with E-state index in [-0.39, 0.29) is 11.5 Å². The molecule has 1 aromatic carbocycles. The number of hydrazone groups is 1. The zero-order valence-electron chi connectivity index (χ0n) is 13.6. The Labute approximate surface area is 138 Å². The Morgan fingerprint density at radius 2 is 1.88 bits per heavy atom. The van der Waals surface area contributed by atoms with Crippen molar-refractivity contribution in [2.45, 2.75) is 20.8 Å². The van der Waals surface area contributed by atoms with E-state index < -0.39 is 0 Å². The maximum Gasteiger partial charge on any atom is 0.274 e. The molecule has 3 rings (SSSR count). The highest BCUT2D eigenvalue weighted by atomic mass is 16.1. The molecule has 0 saturated carbocycles. The highest BCUT2D eigenvalue weighted by Gasteiger charge is 2.10. The normalized spacial score (nSPS) is 11.1. The van der Waals surface area contributed by atoms with E-state index in [1.165, 1.54) is 0 Å². The molecule has 0 radical (unpaired) electrons. The van der Waals surface area contributed by atoms with Crippen LogP contribution >= 0.6 is 0 Å². The fourth-order valence-electron chi connectivity index (χ4n) is 2.26. The fourth-order valence-corrected chi connectivity index (χ4v) is 2.26. The first kappa shape index (κ1) is 15.6. The number of aryl methyl sites for hydroxylation is 2. The van der Waals surface area contributed by atoms with Gasteiger partial charge in [0.15, 0.2) is 0 Å². The largest absolute Gasteiger partial charge is 0.288 e. The van der Waals surface area contributed by atoms with E-state index in [0.717, 1.165) is 22.6 Å². The number of rotatable bonds is 4. The molecule has 0 bridgehead atoms. The standard InChI is InChI=1S/C16H17N7O/c1-10-14(9-17-20-16-18-15(24)11(2)19-21-16)12(3)23(22-10)13-7-5-4-6-8-13/h4-9H,1-3H3,(H2,18,20,21,24). The highest BCUT2D eigenvalue weighted by Crippen LogP contribution is 2.16. The zero-order valence-corrected chi connectivity index (χ0v) is 13.6. The summed E-state index contributed by atoms with van der Waals surface area (Å²) < 4.78 is 1.87. The van der Waals surface area contributed by atoms with E-state index in [2.05, 4.69) is 30.8 Å². The summed E-state index contributed by atoms with van der Waals surface area (Å²) in [4.78, 5) is 14.0. The molecule has 8 nitrogen and oxygen atoms in total. The Balaban J connectivity index is 1.84. The molecule has 0 aliphatic heterocycles. The molecule has 3 aromatic rings. The second kappa shape index (κ2) is 6.45. The molecule has 8 heteroatoms. The van der Waals surface area contributed by atoms with Crippen molar-refractivity contribution in [3.63, 3.8) is 0 Å². The van der Waals surface area contributed by atoms with Gasteiger partial charge < -0.3 is 0 Å². The molecule has 2 aromatic heterocycles. The molecule has 0 saturated heterocycles. The molecule has 0 amide bonds. The number of benzene rings is 1. The summed E-state index contributed by atoms with van der Waals surface area (Å²) in [6.07, 6.45) is 1.65. The number of aromatic nitrogens is 5. The number of hydrogen-bond acceptors (Lipinski definition) is 6. The third-order valence-corrected chi connectivity index (χ3v) is 3.57. The second-order valence-corrected chi connectivity index (χ2v) is 5.29. The summed E-state index contributed by atoms with van der Waals surface area (Å²) in [5, 5.41) is 16.2. The van der Waals surface area contributed by atoms with Gasteiger partial charge in [0, 0.05) is 5.56 Å². The van der Waals surface area contributed by atoms with Crippen LogP contribution in [0.3, 0.4) is 0 Å². The molecule has 2 heterocycles. The Kier molecular flexibility index (Phi) is 4.19. The van der Waals surface area contributed by atoms with Crippen molar-refractivity contribution in [3.05, 3.63) is 63.3 Å². The van der Waals surface area contributed by atoms with E-state index in [1.54, 1.807) is 13.1 Å². The Morgan fingerprint density at radius 3 is 2.58 bits per heavy atom. The van der Waals surface area contributed by atoms with Gasteiger partial charge in [0.1, 0.15) is 5.69 Å². The van der Waals surface area contributed by atoms with Crippen molar-refractivity contribution in [2.75, 3.05) is 5.43 Å². The summed E-state index contributed by atoms with van der Waals surface area (Å²) in [6.45, 7) is 5.48. The van der Waals surface area contributed by atoms with Crippen molar-refractivity contribution in [3.8, 4) is 5.69 Å². The summed E-state index contributed by atoms with van der Waals surface area (Å²) >= 11 is 0. The number of nitrogens with one attached hydrogen (secondary N) is 2. The van der Waals surface area contributed by atoms with Crippen LogP contribution in [0.5, 0.6) is 0 Å². The van der Waals surface area contributed by atoms with E-state index in [1.807, 2.05) is 48.9 Å². The quantitative estimate of drug-likeness (QED) is 0.562. The molecule has 0 unspecified atom stereocenters. The lowest BCUT2D eigenvalue weighted by Gasteiger charge is -2.03. The molecule has 0 atom stereocenters. The SMILES string of the molecule is Cc1nn(-c2ccccc2)c(C)c1C=NNc1nnc(C)c(=O)[nH]1. The van der Waals surface area contributed by atoms with Crippen molar-refractivity contribution < 1.29 is 0 Å². The molecule has 122 valence electrons. The van der Waals surface area contributed by atoms with Crippen molar-refractivity contribution >= 4 is 12.2 Å². The van der Waals surface area contributed by atoms with Crippen LogP contribution in [0.15, 0.2) is 40.2 Å². The van der Waals surface area contributed by atoms with Gasteiger partial charge in [0.2, 0.25) is 5.95 Å². The molecular weight excluding hydrogens is 306 g/mol. The van der Waals surface area contributed by atoms with E-state index in [4.69, 9.17) is 0 Å². The first-order valence-electron chi connectivity index (χ1n) is 7.40. The number of nitrogens with zero attached hydrogens (tertiary/aromatic N) is 5. The number of para-hydroxylation sites is 1. The van der Waals surface area contributed by atoms with Gasteiger partial charge in [-0.1, -0.05) is 18.2 Å². The van der Waals surface area contributed by atoms with Gasteiger partial charge in [-0.3, -0.25) is 9.78 Å². The average Bonchev–Trinajstić information content (AvgIpc) is 2.87. The maximum absolute atomic E-state index is 11.5. The Hall–Kier alpha value is -3.29. The van der Waals surface area contributed by atoms with E-state index in [0.29, 0.717) is 5.69 Å². The third-order valence-electron chi connectivity index (χ3n) is 3.57. The predicted molar refractivity (Wildman–Crippen MR) is 91.6 cm³/mol. The van der Waals surface area contributed by atoms with Crippen LogP contribution in [0.2, 0.25) is 0 Å². The molecule has 0 aliphatic carbocycles. The summed E-state index contributed by atoms with van der Waals surface area (Å²) in [7, 11) is 0. The zero-order chi connectivity index (χ0) is 17.1. The average molecular weight is 323 g/mol. The molecule has 0 aliphatic rings. The van der Waals surface area contributed by atoms with Gasteiger partial charge >= 0.3 is 0 Å². The van der Waals surface area contributed by atoms with Crippen LogP contribution in [-0.4, -0.2) is 31.2 Å². The predicted octanol–water partition coefficient (Wildman–Crippen LogP) is 1.72. The Morgan fingerprint density at radius 1 is 1.12 bits per heavy atom. The van der Waals surface area contributed by atoms with Gasteiger partial charge in [-0.25, -0.2) is 10.1 Å². The lowest BCUT2D eigenvalue weighted by atomic mass is 10.2. The van der Waals surface area contributed by atoms with Gasteiger partial charge in [0.05, 0.1) is 23.3 Å².